The monoisotopic (exact) mass is 295 g/mol. The third-order valence-electron chi connectivity index (χ3n) is 3.83. The molecule has 1 saturated carbocycles. The van der Waals surface area contributed by atoms with Gasteiger partial charge in [-0.3, -0.25) is 4.79 Å². The van der Waals surface area contributed by atoms with Gasteiger partial charge in [0.15, 0.2) is 0 Å². The normalized spacial score (nSPS) is 25.6. The third kappa shape index (κ3) is 5.31. The molecule has 1 rings (SSSR count). The number of amides is 1. The molecule has 0 saturated heterocycles. The summed E-state index contributed by atoms with van der Waals surface area (Å²) in [5.41, 5.74) is 0. The van der Waals surface area contributed by atoms with Crippen molar-refractivity contribution in [3.8, 4) is 0 Å². The van der Waals surface area contributed by atoms with Gasteiger partial charge in [-0.1, -0.05) is 20.3 Å². The molecule has 1 aliphatic rings. The van der Waals surface area contributed by atoms with E-state index in [-0.39, 0.29) is 31.4 Å². The SMILES string of the molecule is CC(C)CC(CO)NC(=O)C1CCCC(C(F)(F)F)C1. The van der Waals surface area contributed by atoms with Crippen LogP contribution in [-0.4, -0.2) is 29.8 Å². The zero-order valence-electron chi connectivity index (χ0n) is 12.0. The Morgan fingerprint density at radius 2 is 2.00 bits per heavy atom. The average molecular weight is 295 g/mol. The fourth-order valence-electron chi connectivity index (χ4n) is 2.79. The highest BCUT2D eigenvalue weighted by Gasteiger charge is 2.43. The van der Waals surface area contributed by atoms with Crippen molar-refractivity contribution in [2.45, 2.75) is 58.2 Å². The Morgan fingerprint density at radius 3 is 2.50 bits per heavy atom. The molecule has 20 heavy (non-hydrogen) atoms. The molecule has 2 N–H and O–H groups in total. The van der Waals surface area contributed by atoms with Crippen LogP contribution in [0.15, 0.2) is 0 Å². The second kappa shape index (κ2) is 7.29. The first-order valence-electron chi connectivity index (χ1n) is 7.22. The van der Waals surface area contributed by atoms with Gasteiger partial charge in [0.2, 0.25) is 5.91 Å². The minimum Gasteiger partial charge on any atom is -0.394 e. The minimum atomic E-state index is -4.22. The lowest BCUT2D eigenvalue weighted by molar-refractivity contribution is -0.186. The highest BCUT2D eigenvalue weighted by Crippen LogP contribution is 2.39. The summed E-state index contributed by atoms with van der Waals surface area (Å²) in [4.78, 5) is 12.0. The van der Waals surface area contributed by atoms with E-state index in [1.807, 2.05) is 13.8 Å². The van der Waals surface area contributed by atoms with Crippen LogP contribution in [0.25, 0.3) is 0 Å². The molecule has 0 aromatic heterocycles. The first-order valence-corrected chi connectivity index (χ1v) is 7.22. The van der Waals surface area contributed by atoms with E-state index in [1.54, 1.807) is 0 Å². The molecule has 6 heteroatoms. The molecule has 0 aromatic rings. The Balaban J connectivity index is 2.54. The van der Waals surface area contributed by atoms with Gasteiger partial charge in [0.05, 0.1) is 18.6 Å². The number of aliphatic hydroxyl groups excluding tert-OH is 1. The molecular weight excluding hydrogens is 271 g/mol. The van der Waals surface area contributed by atoms with Gasteiger partial charge in [0.1, 0.15) is 0 Å². The standard InChI is InChI=1S/C14H24F3NO2/c1-9(2)6-12(8-19)18-13(20)10-4-3-5-11(7-10)14(15,16)17/h9-12,19H,3-8H2,1-2H3,(H,18,20). The lowest BCUT2D eigenvalue weighted by Crippen LogP contribution is -2.44. The fraction of sp³-hybridized carbons (Fsp3) is 0.929. The largest absolute Gasteiger partial charge is 0.394 e. The summed E-state index contributed by atoms with van der Waals surface area (Å²) in [5.74, 6) is -2.00. The summed E-state index contributed by atoms with van der Waals surface area (Å²) >= 11 is 0. The second-order valence-corrected chi connectivity index (χ2v) is 6.12. The van der Waals surface area contributed by atoms with Crippen LogP contribution in [0.1, 0.15) is 46.0 Å². The summed E-state index contributed by atoms with van der Waals surface area (Å²) < 4.78 is 38.1. The van der Waals surface area contributed by atoms with E-state index in [2.05, 4.69) is 5.32 Å². The minimum absolute atomic E-state index is 0.114. The lowest BCUT2D eigenvalue weighted by Gasteiger charge is -2.31. The fourth-order valence-corrected chi connectivity index (χ4v) is 2.79. The maximum Gasteiger partial charge on any atom is 0.391 e. The van der Waals surface area contributed by atoms with Crippen LogP contribution >= 0.6 is 0 Å². The molecule has 0 radical (unpaired) electrons. The molecule has 0 aromatic carbocycles. The summed E-state index contributed by atoms with van der Waals surface area (Å²) in [6.45, 7) is 3.75. The molecule has 3 unspecified atom stereocenters. The molecule has 1 amide bonds. The van der Waals surface area contributed by atoms with Crippen molar-refractivity contribution < 1.29 is 23.1 Å². The maximum absolute atomic E-state index is 12.7. The van der Waals surface area contributed by atoms with Crippen LogP contribution in [0.5, 0.6) is 0 Å². The summed E-state index contributed by atoms with van der Waals surface area (Å²) in [6, 6.07) is -0.367. The van der Waals surface area contributed by atoms with E-state index in [0.29, 0.717) is 25.2 Å². The van der Waals surface area contributed by atoms with E-state index in [9.17, 15) is 23.1 Å². The van der Waals surface area contributed by atoms with Gasteiger partial charge in [-0.15, -0.1) is 0 Å². The van der Waals surface area contributed by atoms with Gasteiger partial charge < -0.3 is 10.4 Å². The van der Waals surface area contributed by atoms with Crippen LogP contribution in [0.2, 0.25) is 0 Å². The summed E-state index contributed by atoms with van der Waals surface area (Å²) in [5, 5.41) is 11.9. The topological polar surface area (TPSA) is 49.3 Å². The number of hydrogen-bond acceptors (Lipinski definition) is 2. The molecule has 0 bridgehead atoms. The number of nitrogens with one attached hydrogen (secondary N) is 1. The molecule has 0 aliphatic heterocycles. The van der Waals surface area contributed by atoms with Gasteiger partial charge in [0, 0.05) is 5.92 Å². The number of alkyl halides is 3. The molecule has 3 atom stereocenters. The van der Waals surface area contributed by atoms with E-state index < -0.39 is 18.0 Å². The van der Waals surface area contributed by atoms with Gasteiger partial charge in [-0.25, -0.2) is 0 Å². The van der Waals surface area contributed by atoms with Gasteiger partial charge >= 0.3 is 6.18 Å². The summed E-state index contributed by atoms with van der Waals surface area (Å²) in [7, 11) is 0. The number of rotatable bonds is 5. The first kappa shape index (κ1) is 17.3. The molecular formula is C14H24F3NO2. The van der Waals surface area contributed by atoms with Crippen LogP contribution in [0, 0.1) is 17.8 Å². The third-order valence-corrected chi connectivity index (χ3v) is 3.83. The Hall–Kier alpha value is -0.780. The van der Waals surface area contributed by atoms with Crippen molar-refractivity contribution >= 4 is 5.91 Å². The zero-order valence-corrected chi connectivity index (χ0v) is 12.0. The molecule has 0 spiro atoms. The zero-order chi connectivity index (χ0) is 15.3. The first-order chi connectivity index (χ1) is 9.24. The number of carbonyl (C=O) groups excluding carboxylic acids is 1. The Labute approximate surface area is 117 Å². The number of aliphatic hydroxyl groups is 1. The van der Waals surface area contributed by atoms with Crippen molar-refractivity contribution in [1.29, 1.82) is 0 Å². The van der Waals surface area contributed by atoms with Crippen LogP contribution in [-0.2, 0) is 4.79 Å². The van der Waals surface area contributed by atoms with Gasteiger partial charge in [0.25, 0.3) is 0 Å². The van der Waals surface area contributed by atoms with Crippen molar-refractivity contribution in [2.75, 3.05) is 6.61 Å². The Bertz CT molecular complexity index is 318. The van der Waals surface area contributed by atoms with E-state index in [1.165, 1.54) is 0 Å². The lowest BCUT2D eigenvalue weighted by atomic mass is 9.80. The van der Waals surface area contributed by atoms with Crippen molar-refractivity contribution in [2.24, 2.45) is 17.8 Å². The van der Waals surface area contributed by atoms with Crippen LogP contribution in [0.4, 0.5) is 13.2 Å². The quantitative estimate of drug-likeness (QED) is 0.819. The summed E-state index contributed by atoms with van der Waals surface area (Å²) in [6.07, 6.45) is -2.68. The van der Waals surface area contributed by atoms with Crippen molar-refractivity contribution in [3.63, 3.8) is 0 Å². The Kier molecular flexibility index (Phi) is 6.30. The molecule has 1 fully saturated rings. The van der Waals surface area contributed by atoms with E-state index in [0.717, 1.165) is 0 Å². The number of hydrogen-bond donors (Lipinski definition) is 2. The van der Waals surface area contributed by atoms with Crippen LogP contribution in [0.3, 0.4) is 0 Å². The molecule has 1 aliphatic carbocycles. The molecule has 0 heterocycles. The van der Waals surface area contributed by atoms with Crippen LogP contribution < -0.4 is 5.32 Å². The van der Waals surface area contributed by atoms with E-state index >= 15 is 0 Å². The van der Waals surface area contributed by atoms with Gasteiger partial charge in [-0.05, 0) is 31.6 Å². The van der Waals surface area contributed by atoms with Crippen molar-refractivity contribution in [1.82, 2.24) is 5.32 Å². The molecule has 118 valence electrons. The van der Waals surface area contributed by atoms with Crippen molar-refractivity contribution in [3.05, 3.63) is 0 Å². The smallest absolute Gasteiger partial charge is 0.391 e. The van der Waals surface area contributed by atoms with E-state index in [4.69, 9.17) is 0 Å². The second-order valence-electron chi connectivity index (χ2n) is 6.12. The number of carbonyl (C=O) groups is 1. The highest BCUT2D eigenvalue weighted by molar-refractivity contribution is 5.79. The predicted molar refractivity (Wildman–Crippen MR) is 70.0 cm³/mol. The maximum atomic E-state index is 12.7. The molecule has 3 nitrogen and oxygen atoms in total. The predicted octanol–water partition coefficient (Wildman–Crippen LogP) is 2.88. The average Bonchev–Trinajstić information content (AvgIpc) is 2.36. The van der Waals surface area contributed by atoms with Gasteiger partial charge in [-0.2, -0.15) is 13.2 Å². The number of halogens is 3. The Morgan fingerprint density at radius 1 is 1.35 bits per heavy atom. The highest BCUT2D eigenvalue weighted by atomic mass is 19.4.